The third kappa shape index (κ3) is 3.22. The quantitative estimate of drug-likeness (QED) is 0.392. The summed E-state index contributed by atoms with van der Waals surface area (Å²) in [5.41, 5.74) is 6.18. The molecule has 3 heterocycles. The van der Waals surface area contributed by atoms with Crippen molar-refractivity contribution >= 4 is 33.3 Å². The molecule has 2 aromatic heterocycles. The molecule has 3 aromatic carbocycles. The van der Waals surface area contributed by atoms with E-state index in [1.165, 1.54) is 16.7 Å². The highest BCUT2D eigenvalue weighted by atomic mass is 16.2. The molecule has 176 valence electrons. The van der Waals surface area contributed by atoms with Gasteiger partial charge in [-0.2, -0.15) is 0 Å². The molecule has 0 unspecified atom stereocenters. The number of aromatic amines is 1. The van der Waals surface area contributed by atoms with Gasteiger partial charge in [-0.05, 0) is 46.9 Å². The van der Waals surface area contributed by atoms with Crippen molar-refractivity contribution in [3.05, 3.63) is 118 Å². The molecule has 0 fully saturated rings. The molecule has 5 aromatic rings. The summed E-state index contributed by atoms with van der Waals surface area (Å²) in [7, 11) is 0. The van der Waals surface area contributed by atoms with Crippen LogP contribution in [0.3, 0.4) is 0 Å². The van der Waals surface area contributed by atoms with Crippen molar-refractivity contribution in [2.45, 2.75) is 31.3 Å². The molecule has 1 aliphatic heterocycles. The SMILES string of the molecule is O=C1N[C@@H](CC2=CCc3ccccc32)c2nc3ccccc3c(=O)n2[C@@H]1Cc1c[nH]c2ccccc12. The smallest absolute Gasteiger partial charge is 0.262 e. The Hall–Kier alpha value is -4.45. The third-order valence-corrected chi connectivity index (χ3v) is 7.52. The first-order valence-corrected chi connectivity index (χ1v) is 12.3. The van der Waals surface area contributed by atoms with Gasteiger partial charge in [0.1, 0.15) is 11.9 Å². The molecular weight excluding hydrogens is 448 g/mol. The van der Waals surface area contributed by atoms with Gasteiger partial charge in [0.15, 0.2) is 0 Å². The van der Waals surface area contributed by atoms with E-state index in [0.29, 0.717) is 29.6 Å². The van der Waals surface area contributed by atoms with Gasteiger partial charge >= 0.3 is 0 Å². The molecule has 6 nitrogen and oxygen atoms in total. The second-order valence-corrected chi connectivity index (χ2v) is 9.60. The van der Waals surface area contributed by atoms with Crippen LogP contribution in [0.1, 0.15) is 41.0 Å². The van der Waals surface area contributed by atoms with E-state index in [9.17, 15) is 9.59 Å². The normalized spacial score (nSPS) is 18.7. The van der Waals surface area contributed by atoms with Crippen LogP contribution in [0.2, 0.25) is 0 Å². The molecule has 0 saturated carbocycles. The van der Waals surface area contributed by atoms with Gasteiger partial charge < -0.3 is 10.3 Å². The second-order valence-electron chi connectivity index (χ2n) is 9.60. The van der Waals surface area contributed by atoms with Gasteiger partial charge in [0.25, 0.3) is 5.56 Å². The molecule has 0 radical (unpaired) electrons. The van der Waals surface area contributed by atoms with E-state index < -0.39 is 6.04 Å². The van der Waals surface area contributed by atoms with Gasteiger partial charge in [0.2, 0.25) is 5.91 Å². The average molecular weight is 473 g/mol. The predicted octanol–water partition coefficient (Wildman–Crippen LogP) is 4.86. The topological polar surface area (TPSA) is 79.8 Å². The van der Waals surface area contributed by atoms with Crippen molar-refractivity contribution in [2.24, 2.45) is 0 Å². The van der Waals surface area contributed by atoms with Crippen LogP contribution in [0.5, 0.6) is 0 Å². The monoisotopic (exact) mass is 472 g/mol. The van der Waals surface area contributed by atoms with E-state index in [1.54, 1.807) is 10.6 Å². The Kier molecular flexibility index (Phi) is 4.67. The van der Waals surface area contributed by atoms with E-state index in [1.807, 2.05) is 54.7 Å². The number of H-pyrrole nitrogens is 1. The number of aromatic nitrogens is 3. The molecule has 36 heavy (non-hydrogen) atoms. The number of amides is 1. The summed E-state index contributed by atoms with van der Waals surface area (Å²) in [6.07, 6.45) is 6.03. The summed E-state index contributed by atoms with van der Waals surface area (Å²) in [5.74, 6) is 0.470. The first-order chi connectivity index (χ1) is 17.7. The molecule has 1 amide bonds. The number of benzene rings is 3. The average Bonchev–Trinajstić information content (AvgIpc) is 3.51. The number of nitrogens with one attached hydrogen (secondary N) is 2. The fourth-order valence-electron chi connectivity index (χ4n) is 5.76. The van der Waals surface area contributed by atoms with Gasteiger partial charge in [-0.3, -0.25) is 14.2 Å². The first kappa shape index (κ1) is 20.9. The lowest BCUT2D eigenvalue weighted by Gasteiger charge is -2.33. The molecule has 0 spiro atoms. The zero-order valence-corrected chi connectivity index (χ0v) is 19.6. The zero-order chi connectivity index (χ0) is 24.2. The number of hydrogen-bond acceptors (Lipinski definition) is 3. The van der Waals surface area contributed by atoms with Crippen LogP contribution in [0.25, 0.3) is 27.4 Å². The maximum Gasteiger partial charge on any atom is 0.262 e. The van der Waals surface area contributed by atoms with E-state index in [2.05, 4.69) is 34.6 Å². The summed E-state index contributed by atoms with van der Waals surface area (Å²) in [6, 6.07) is 22.7. The van der Waals surface area contributed by atoms with Crippen LogP contribution in [-0.4, -0.2) is 20.4 Å². The fourth-order valence-corrected chi connectivity index (χ4v) is 5.76. The van der Waals surface area contributed by atoms with Crippen LogP contribution in [0.4, 0.5) is 0 Å². The van der Waals surface area contributed by atoms with E-state index in [4.69, 9.17) is 4.98 Å². The highest BCUT2D eigenvalue weighted by molar-refractivity contribution is 5.87. The Morgan fingerprint density at radius 3 is 2.58 bits per heavy atom. The van der Waals surface area contributed by atoms with Crippen molar-refractivity contribution in [1.82, 2.24) is 19.9 Å². The Labute approximate surface area is 207 Å². The second kappa shape index (κ2) is 8.05. The number of carbonyl (C=O) groups excluding carboxylic acids is 1. The number of carbonyl (C=O) groups is 1. The van der Waals surface area contributed by atoms with Crippen LogP contribution >= 0.6 is 0 Å². The number of hydrogen-bond donors (Lipinski definition) is 2. The lowest BCUT2D eigenvalue weighted by atomic mass is 9.95. The van der Waals surface area contributed by atoms with Gasteiger partial charge in [0, 0.05) is 29.9 Å². The summed E-state index contributed by atoms with van der Waals surface area (Å²) in [5, 5.41) is 4.81. The minimum atomic E-state index is -0.676. The molecule has 7 rings (SSSR count). The van der Waals surface area contributed by atoms with Crippen LogP contribution in [0, 0.1) is 0 Å². The molecule has 0 bridgehead atoms. The van der Waals surface area contributed by atoms with Crippen LogP contribution in [-0.2, 0) is 17.6 Å². The Morgan fingerprint density at radius 2 is 1.67 bits per heavy atom. The summed E-state index contributed by atoms with van der Waals surface area (Å²) < 4.78 is 1.65. The minimum absolute atomic E-state index is 0.149. The summed E-state index contributed by atoms with van der Waals surface area (Å²) >= 11 is 0. The van der Waals surface area contributed by atoms with Crippen molar-refractivity contribution in [3.8, 4) is 0 Å². The Balaban J connectivity index is 1.35. The molecule has 1 aliphatic carbocycles. The molecule has 2 atom stereocenters. The van der Waals surface area contributed by atoms with Crippen LogP contribution in [0.15, 0.2) is 89.9 Å². The number of rotatable bonds is 4. The maximum atomic E-state index is 13.8. The Bertz CT molecular complexity index is 1760. The van der Waals surface area contributed by atoms with E-state index in [0.717, 1.165) is 22.9 Å². The molecule has 6 heteroatoms. The van der Waals surface area contributed by atoms with Gasteiger partial charge in [-0.25, -0.2) is 4.98 Å². The maximum absolute atomic E-state index is 13.8. The Morgan fingerprint density at radius 1 is 0.889 bits per heavy atom. The highest BCUT2D eigenvalue weighted by Crippen LogP contribution is 2.36. The van der Waals surface area contributed by atoms with Crippen molar-refractivity contribution < 1.29 is 4.79 Å². The largest absolute Gasteiger partial charge is 0.361 e. The molecule has 0 saturated heterocycles. The number of fused-ring (bicyclic) bond motifs is 4. The lowest BCUT2D eigenvalue weighted by Crippen LogP contribution is -2.48. The van der Waals surface area contributed by atoms with Gasteiger partial charge in [0.05, 0.1) is 16.9 Å². The standard InChI is InChI=1S/C30H24N4O2/c35-29-27(16-20-17-31-24-11-5-3-9-22(20)24)34-28(32-25-12-6-4-10-23(25)30(34)36)26(33-29)15-19-14-13-18-7-1-2-8-21(18)19/h1-12,14,17,26-27,31H,13,15-16H2,(H,33,35)/t26-,27+/m0/s1. The van der Waals surface area contributed by atoms with Gasteiger partial charge in [-0.15, -0.1) is 0 Å². The van der Waals surface area contributed by atoms with Crippen LogP contribution < -0.4 is 10.9 Å². The zero-order valence-electron chi connectivity index (χ0n) is 19.6. The fraction of sp³-hybridized carbons (Fsp3) is 0.167. The molecule has 2 aliphatic rings. The summed E-state index contributed by atoms with van der Waals surface area (Å²) in [4.78, 5) is 35.7. The van der Waals surface area contributed by atoms with Crippen molar-refractivity contribution in [1.29, 1.82) is 0 Å². The highest BCUT2D eigenvalue weighted by Gasteiger charge is 2.37. The van der Waals surface area contributed by atoms with E-state index in [-0.39, 0.29) is 17.5 Å². The number of nitrogens with zero attached hydrogens (tertiary/aromatic N) is 2. The van der Waals surface area contributed by atoms with E-state index >= 15 is 0 Å². The molecular formula is C30H24N4O2. The van der Waals surface area contributed by atoms with Crippen molar-refractivity contribution in [2.75, 3.05) is 0 Å². The number of para-hydroxylation sites is 2. The molecule has 2 N–H and O–H groups in total. The third-order valence-electron chi connectivity index (χ3n) is 7.52. The predicted molar refractivity (Wildman–Crippen MR) is 141 cm³/mol. The minimum Gasteiger partial charge on any atom is -0.361 e. The summed E-state index contributed by atoms with van der Waals surface area (Å²) in [6.45, 7) is 0. The number of allylic oxidation sites excluding steroid dienone is 1. The lowest BCUT2D eigenvalue weighted by molar-refractivity contribution is -0.126. The van der Waals surface area contributed by atoms with Gasteiger partial charge in [-0.1, -0.05) is 60.7 Å². The first-order valence-electron chi connectivity index (χ1n) is 12.3. The van der Waals surface area contributed by atoms with Crippen molar-refractivity contribution in [3.63, 3.8) is 0 Å².